The molecule has 1 amide bonds. The summed E-state index contributed by atoms with van der Waals surface area (Å²) in [5, 5.41) is 8.97. The Labute approximate surface area is 152 Å². The van der Waals surface area contributed by atoms with Crippen molar-refractivity contribution < 1.29 is 4.79 Å². The second-order valence-corrected chi connectivity index (χ2v) is 5.63. The van der Waals surface area contributed by atoms with Crippen LogP contribution in [-0.2, 0) is 4.79 Å². The molecule has 0 saturated heterocycles. The van der Waals surface area contributed by atoms with E-state index in [2.05, 4.69) is 4.90 Å². The van der Waals surface area contributed by atoms with E-state index >= 15 is 0 Å². The molecule has 0 atom stereocenters. The number of anilines is 3. The third-order valence-electron chi connectivity index (χ3n) is 3.88. The number of hydrogen-bond acceptors (Lipinski definition) is 3. The van der Waals surface area contributed by atoms with Gasteiger partial charge in [0.2, 0.25) is 0 Å². The normalized spacial score (nSPS) is 10.8. The lowest BCUT2D eigenvalue weighted by Gasteiger charge is -2.25. The van der Waals surface area contributed by atoms with Gasteiger partial charge in [0.05, 0.1) is 0 Å². The molecule has 2 N–H and O–H groups in total. The first-order valence-corrected chi connectivity index (χ1v) is 8.11. The van der Waals surface area contributed by atoms with Crippen LogP contribution in [0.1, 0.15) is 5.56 Å². The predicted molar refractivity (Wildman–Crippen MR) is 104 cm³/mol. The number of primary amides is 1. The first-order chi connectivity index (χ1) is 12.7. The summed E-state index contributed by atoms with van der Waals surface area (Å²) >= 11 is 0. The van der Waals surface area contributed by atoms with Gasteiger partial charge in [0.25, 0.3) is 5.91 Å². The summed E-state index contributed by atoms with van der Waals surface area (Å²) in [6.07, 6.45) is 1.49. The quantitative estimate of drug-likeness (QED) is 0.547. The van der Waals surface area contributed by atoms with Gasteiger partial charge in [-0.2, -0.15) is 5.26 Å². The lowest BCUT2D eigenvalue weighted by Crippen LogP contribution is -2.12. The van der Waals surface area contributed by atoms with Crippen molar-refractivity contribution in [1.29, 1.82) is 5.26 Å². The minimum atomic E-state index is -0.730. The van der Waals surface area contributed by atoms with E-state index in [0.29, 0.717) is 0 Å². The fourth-order valence-corrected chi connectivity index (χ4v) is 2.65. The molecule has 0 heterocycles. The Balaban J connectivity index is 2.01. The smallest absolute Gasteiger partial charge is 0.259 e. The van der Waals surface area contributed by atoms with E-state index in [1.807, 2.05) is 91.0 Å². The monoisotopic (exact) mass is 339 g/mol. The van der Waals surface area contributed by atoms with Crippen molar-refractivity contribution in [2.24, 2.45) is 5.73 Å². The van der Waals surface area contributed by atoms with Gasteiger partial charge in [-0.1, -0.05) is 48.5 Å². The molecule has 4 nitrogen and oxygen atoms in total. The highest BCUT2D eigenvalue weighted by atomic mass is 16.1. The number of carbonyl (C=O) groups is 1. The van der Waals surface area contributed by atoms with Gasteiger partial charge < -0.3 is 10.6 Å². The van der Waals surface area contributed by atoms with E-state index in [4.69, 9.17) is 11.0 Å². The van der Waals surface area contributed by atoms with Crippen LogP contribution in [0.25, 0.3) is 6.08 Å². The second-order valence-electron chi connectivity index (χ2n) is 5.63. The van der Waals surface area contributed by atoms with Gasteiger partial charge in [-0.05, 0) is 48.0 Å². The molecule has 0 aromatic heterocycles. The number of nitriles is 1. The van der Waals surface area contributed by atoms with E-state index in [1.165, 1.54) is 6.08 Å². The molecular weight excluding hydrogens is 322 g/mol. The molecule has 126 valence electrons. The summed E-state index contributed by atoms with van der Waals surface area (Å²) in [5.41, 5.74) is 8.91. The Morgan fingerprint density at radius 2 is 1.27 bits per heavy atom. The average molecular weight is 339 g/mol. The number of para-hydroxylation sites is 2. The van der Waals surface area contributed by atoms with Crippen molar-refractivity contribution in [3.05, 3.63) is 96.1 Å². The fourth-order valence-electron chi connectivity index (χ4n) is 2.65. The zero-order valence-electron chi connectivity index (χ0n) is 14.0. The predicted octanol–water partition coefficient (Wildman–Crippen LogP) is 4.55. The number of nitrogens with two attached hydrogens (primary N) is 1. The zero-order valence-corrected chi connectivity index (χ0v) is 14.0. The van der Waals surface area contributed by atoms with Crippen molar-refractivity contribution in [2.75, 3.05) is 4.90 Å². The molecule has 0 bridgehead atoms. The van der Waals surface area contributed by atoms with Crippen LogP contribution in [0.2, 0.25) is 0 Å². The Morgan fingerprint density at radius 1 is 0.808 bits per heavy atom. The standard InChI is InChI=1S/C22H17N3O/c23-16-18(22(24)26)15-17-11-13-21(14-12-17)25(19-7-3-1-4-8-19)20-9-5-2-6-10-20/h1-15H,(H2,24,26)/b18-15+. The van der Waals surface area contributed by atoms with E-state index in [-0.39, 0.29) is 5.57 Å². The molecule has 0 aliphatic rings. The molecule has 3 aromatic carbocycles. The van der Waals surface area contributed by atoms with E-state index in [9.17, 15) is 4.79 Å². The lowest BCUT2D eigenvalue weighted by atomic mass is 10.1. The summed E-state index contributed by atoms with van der Waals surface area (Å²) in [7, 11) is 0. The van der Waals surface area contributed by atoms with Crippen LogP contribution in [0.3, 0.4) is 0 Å². The molecule has 0 aliphatic carbocycles. The topological polar surface area (TPSA) is 70.1 Å². The van der Waals surface area contributed by atoms with Gasteiger partial charge in [-0.15, -0.1) is 0 Å². The molecule has 0 fully saturated rings. The van der Waals surface area contributed by atoms with Crippen molar-refractivity contribution in [3.63, 3.8) is 0 Å². The summed E-state index contributed by atoms with van der Waals surface area (Å²) in [4.78, 5) is 13.3. The number of hydrogen-bond donors (Lipinski definition) is 1. The fraction of sp³-hybridized carbons (Fsp3) is 0. The van der Waals surface area contributed by atoms with Crippen LogP contribution >= 0.6 is 0 Å². The number of benzene rings is 3. The maximum Gasteiger partial charge on any atom is 0.259 e. The van der Waals surface area contributed by atoms with Gasteiger partial charge in [0, 0.05) is 17.1 Å². The molecule has 0 unspecified atom stereocenters. The highest BCUT2D eigenvalue weighted by Gasteiger charge is 2.11. The van der Waals surface area contributed by atoms with Crippen LogP contribution in [-0.4, -0.2) is 5.91 Å². The highest BCUT2D eigenvalue weighted by molar-refractivity contribution is 6.00. The largest absolute Gasteiger partial charge is 0.365 e. The third-order valence-corrected chi connectivity index (χ3v) is 3.88. The molecule has 0 saturated carbocycles. The first kappa shape index (κ1) is 17.0. The van der Waals surface area contributed by atoms with Crippen LogP contribution in [0, 0.1) is 11.3 Å². The molecule has 3 rings (SSSR count). The summed E-state index contributed by atoms with van der Waals surface area (Å²) in [6.45, 7) is 0. The van der Waals surface area contributed by atoms with Crippen molar-refractivity contribution >= 4 is 29.0 Å². The molecule has 3 aromatic rings. The maximum atomic E-state index is 11.2. The van der Waals surface area contributed by atoms with E-state index in [0.717, 1.165) is 22.6 Å². The lowest BCUT2D eigenvalue weighted by molar-refractivity contribution is -0.114. The summed E-state index contributed by atoms with van der Waals surface area (Å²) < 4.78 is 0. The Hall–Kier alpha value is -3.84. The number of rotatable bonds is 5. The Kier molecular flexibility index (Phi) is 5.11. The summed E-state index contributed by atoms with van der Waals surface area (Å²) in [6, 6.07) is 29.5. The van der Waals surface area contributed by atoms with Crippen LogP contribution in [0.4, 0.5) is 17.1 Å². The Morgan fingerprint density at radius 3 is 1.69 bits per heavy atom. The second kappa shape index (κ2) is 7.82. The van der Waals surface area contributed by atoms with E-state index < -0.39 is 5.91 Å². The number of carbonyl (C=O) groups excluding carboxylic acids is 1. The highest BCUT2D eigenvalue weighted by Crippen LogP contribution is 2.34. The Bertz CT molecular complexity index is 916. The van der Waals surface area contributed by atoms with Gasteiger partial charge in [0.15, 0.2) is 0 Å². The van der Waals surface area contributed by atoms with Crippen LogP contribution in [0.15, 0.2) is 90.5 Å². The number of amides is 1. The minimum absolute atomic E-state index is 0.0688. The molecule has 0 radical (unpaired) electrons. The minimum Gasteiger partial charge on any atom is -0.365 e. The zero-order chi connectivity index (χ0) is 18.4. The van der Waals surface area contributed by atoms with Crippen molar-refractivity contribution in [2.45, 2.75) is 0 Å². The average Bonchev–Trinajstić information content (AvgIpc) is 2.69. The summed E-state index contributed by atoms with van der Waals surface area (Å²) in [5.74, 6) is -0.730. The molecule has 26 heavy (non-hydrogen) atoms. The van der Waals surface area contributed by atoms with Gasteiger partial charge in [-0.3, -0.25) is 4.79 Å². The van der Waals surface area contributed by atoms with E-state index in [1.54, 1.807) is 0 Å². The maximum absolute atomic E-state index is 11.2. The van der Waals surface area contributed by atoms with Gasteiger partial charge in [0.1, 0.15) is 11.6 Å². The van der Waals surface area contributed by atoms with Crippen LogP contribution in [0.5, 0.6) is 0 Å². The van der Waals surface area contributed by atoms with Gasteiger partial charge in [-0.25, -0.2) is 0 Å². The SMILES string of the molecule is N#C/C(=C\c1ccc(N(c2ccccc2)c2ccccc2)cc1)C(N)=O. The third kappa shape index (κ3) is 3.80. The van der Waals surface area contributed by atoms with Crippen molar-refractivity contribution in [3.8, 4) is 6.07 Å². The molecule has 0 spiro atoms. The molecule has 0 aliphatic heterocycles. The van der Waals surface area contributed by atoms with Crippen LogP contribution < -0.4 is 10.6 Å². The van der Waals surface area contributed by atoms with Crippen molar-refractivity contribution in [1.82, 2.24) is 0 Å². The first-order valence-electron chi connectivity index (χ1n) is 8.11. The molecular formula is C22H17N3O. The molecule has 4 heteroatoms. The van der Waals surface area contributed by atoms with Gasteiger partial charge >= 0.3 is 0 Å². The number of nitrogens with zero attached hydrogens (tertiary/aromatic N) is 2.